The largest absolute Gasteiger partial charge is 0.462 e. The minimum absolute atomic E-state index is 0.0721. The first kappa shape index (κ1) is 60.9. The van der Waals surface area contributed by atoms with Crippen LogP contribution in [0.25, 0.3) is 0 Å². The van der Waals surface area contributed by atoms with Crippen molar-refractivity contribution in [1.29, 1.82) is 0 Å². The monoisotopic (exact) mass is 887 g/mol. The average molecular weight is 887 g/mol. The van der Waals surface area contributed by atoms with E-state index < -0.39 is 6.10 Å². The number of unbranched alkanes of at least 4 members (excludes halogenated alkanes) is 36. The average Bonchev–Trinajstić information content (AvgIpc) is 3.28. The fourth-order valence-corrected chi connectivity index (χ4v) is 8.25. The molecule has 0 bridgehead atoms. The lowest BCUT2D eigenvalue weighted by molar-refractivity contribution is -0.167. The molecule has 0 aromatic rings. The standard InChI is InChI=1S/C57H106O6/c1-4-7-10-13-16-19-22-24-25-26-27-28-29-30-31-32-34-35-38-41-44-47-50-56(59)62-53-54(52-61-55(58)49-46-43-40-37-21-18-15-12-9-6-3)63-57(60)51-48-45-42-39-36-33-23-20-17-14-11-8-5-2/h11,14,20,23,54H,4-10,12-13,15-19,21-22,24-53H2,1-3H3/b14-11-,23-20-. The van der Waals surface area contributed by atoms with Crippen LogP contribution in [0.4, 0.5) is 0 Å². The maximum absolute atomic E-state index is 12.8. The first-order valence-corrected chi connectivity index (χ1v) is 27.8. The van der Waals surface area contributed by atoms with Gasteiger partial charge in [0.05, 0.1) is 0 Å². The Kier molecular flexibility index (Phi) is 50.8. The number of hydrogen-bond donors (Lipinski definition) is 0. The number of ether oxygens (including phenoxy) is 3. The van der Waals surface area contributed by atoms with Crippen LogP contribution in [0.3, 0.4) is 0 Å². The van der Waals surface area contributed by atoms with E-state index in [4.69, 9.17) is 14.2 Å². The van der Waals surface area contributed by atoms with Gasteiger partial charge < -0.3 is 14.2 Å². The van der Waals surface area contributed by atoms with Gasteiger partial charge in [-0.05, 0) is 44.9 Å². The van der Waals surface area contributed by atoms with Crippen LogP contribution in [0.1, 0.15) is 303 Å². The zero-order valence-corrected chi connectivity index (χ0v) is 42.4. The third-order valence-electron chi connectivity index (χ3n) is 12.4. The van der Waals surface area contributed by atoms with Gasteiger partial charge in [-0.3, -0.25) is 14.4 Å². The van der Waals surface area contributed by atoms with E-state index in [9.17, 15) is 14.4 Å². The van der Waals surface area contributed by atoms with E-state index in [1.165, 1.54) is 173 Å². The summed E-state index contributed by atoms with van der Waals surface area (Å²) in [5, 5.41) is 0. The molecule has 6 heteroatoms. The van der Waals surface area contributed by atoms with E-state index in [2.05, 4.69) is 45.1 Å². The Morgan fingerprint density at radius 3 is 0.937 bits per heavy atom. The molecule has 1 atom stereocenters. The van der Waals surface area contributed by atoms with E-state index in [1.807, 2.05) is 0 Å². The molecule has 0 heterocycles. The molecular formula is C57H106O6. The highest BCUT2D eigenvalue weighted by molar-refractivity contribution is 5.71. The highest BCUT2D eigenvalue weighted by Crippen LogP contribution is 2.17. The van der Waals surface area contributed by atoms with E-state index in [0.717, 1.165) is 89.9 Å². The van der Waals surface area contributed by atoms with Crippen LogP contribution in [0, 0.1) is 0 Å². The number of hydrogen-bond acceptors (Lipinski definition) is 6. The second-order valence-electron chi connectivity index (χ2n) is 18.9. The SMILES string of the molecule is CCC/C=C\C/C=C\CCCCCCCC(=O)OC(COC(=O)CCCCCCCCCCCC)COC(=O)CCCCCCCCCCCCCCCCCCCCCCCC. The lowest BCUT2D eigenvalue weighted by Gasteiger charge is -2.18. The van der Waals surface area contributed by atoms with Gasteiger partial charge in [-0.2, -0.15) is 0 Å². The summed E-state index contributed by atoms with van der Waals surface area (Å²) >= 11 is 0. The summed E-state index contributed by atoms with van der Waals surface area (Å²) in [5.74, 6) is -0.872. The highest BCUT2D eigenvalue weighted by atomic mass is 16.6. The molecule has 0 aromatic carbocycles. The summed E-state index contributed by atoms with van der Waals surface area (Å²) in [6, 6.07) is 0. The highest BCUT2D eigenvalue weighted by Gasteiger charge is 2.19. The predicted octanol–water partition coefficient (Wildman–Crippen LogP) is 18.3. The van der Waals surface area contributed by atoms with E-state index in [-0.39, 0.29) is 31.1 Å². The number of allylic oxidation sites excluding steroid dienone is 4. The fourth-order valence-electron chi connectivity index (χ4n) is 8.25. The Morgan fingerprint density at radius 1 is 0.317 bits per heavy atom. The normalized spacial score (nSPS) is 12.1. The molecule has 0 aromatic heterocycles. The van der Waals surface area contributed by atoms with Crippen LogP contribution in [0.15, 0.2) is 24.3 Å². The smallest absolute Gasteiger partial charge is 0.306 e. The van der Waals surface area contributed by atoms with Crippen molar-refractivity contribution >= 4 is 17.9 Å². The lowest BCUT2D eigenvalue weighted by Crippen LogP contribution is -2.30. The van der Waals surface area contributed by atoms with Gasteiger partial charge in [0, 0.05) is 19.3 Å². The minimum Gasteiger partial charge on any atom is -0.462 e. The number of carbonyl (C=O) groups excluding carboxylic acids is 3. The molecule has 6 nitrogen and oxygen atoms in total. The molecule has 0 radical (unpaired) electrons. The molecule has 0 fully saturated rings. The van der Waals surface area contributed by atoms with Gasteiger partial charge in [0.1, 0.15) is 13.2 Å². The molecule has 0 saturated carbocycles. The topological polar surface area (TPSA) is 78.9 Å². The van der Waals surface area contributed by atoms with Gasteiger partial charge >= 0.3 is 17.9 Å². The van der Waals surface area contributed by atoms with E-state index >= 15 is 0 Å². The van der Waals surface area contributed by atoms with Crippen molar-refractivity contribution in [1.82, 2.24) is 0 Å². The third kappa shape index (κ3) is 50.7. The number of esters is 3. The first-order valence-electron chi connectivity index (χ1n) is 27.8. The second kappa shape index (κ2) is 52.5. The van der Waals surface area contributed by atoms with Crippen LogP contribution in [0.2, 0.25) is 0 Å². The summed E-state index contributed by atoms with van der Waals surface area (Å²) < 4.78 is 16.8. The number of carbonyl (C=O) groups is 3. The first-order chi connectivity index (χ1) is 31.0. The quantitative estimate of drug-likeness (QED) is 0.0262. The molecular weight excluding hydrogens is 781 g/mol. The molecule has 0 saturated heterocycles. The Morgan fingerprint density at radius 2 is 0.603 bits per heavy atom. The van der Waals surface area contributed by atoms with Gasteiger partial charge in [-0.1, -0.05) is 263 Å². The third-order valence-corrected chi connectivity index (χ3v) is 12.4. The predicted molar refractivity (Wildman–Crippen MR) is 270 cm³/mol. The van der Waals surface area contributed by atoms with Crippen molar-refractivity contribution in [3.05, 3.63) is 24.3 Å². The van der Waals surface area contributed by atoms with Crippen molar-refractivity contribution in [2.75, 3.05) is 13.2 Å². The van der Waals surface area contributed by atoms with Crippen molar-refractivity contribution in [2.24, 2.45) is 0 Å². The Hall–Kier alpha value is -2.11. The second-order valence-corrected chi connectivity index (χ2v) is 18.9. The molecule has 1 unspecified atom stereocenters. The summed E-state index contributed by atoms with van der Waals surface area (Å²) in [6.45, 7) is 6.59. The Labute approximate surface area is 392 Å². The van der Waals surface area contributed by atoms with E-state index in [1.54, 1.807) is 0 Å². The van der Waals surface area contributed by atoms with Gasteiger partial charge in [-0.25, -0.2) is 0 Å². The van der Waals surface area contributed by atoms with Crippen molar-refractivity contribution in [2.45, 2.75) is 309 Å². The number of rotatable bonds is 51. The molecule has 63 heavy (non-hydrogen) atoms. The molecule has 0 aliphatic rings. The molecule has 0 amide bonds. The molecule has 0 rings (SSSR count). The molecule has 0 N–H and O–H groups in total. The molecule has 0 spiro atoms. The van der Waals surface area contributed by atoms with Crippen LogP contribution >= 0.6 is 0 Å². The van der Waals surface area contributed by atoms with Gasteiger partial charge in [0.25, 0.3) is 0 Å². The van der Waals surface area contributed by atoms with Gasteiger partial charge in [0.15, 0.2) is 6.10 Å². The molecule has 370 valence electrons. The van der Waals surface area contributed by atoms with Crippen molar-refractivity contribution in [3.63, 3.8) is 0 Å². The zero-order valence-electron chi connectivity index (χ0n) is 42.4. The molecule has 0 aliphatic heterocycles. The van der Waals surface area contributed by atoms with Gasteiger partial charge in [0.2, 0.25) is 0 Å². The fraction of sp³-hybridized carbons (Fsp3) is 0.877. The maximum atomic E-state index is 12.8. The van der Waals surface area contributed by atoms with E-state index in [0.29, 0.717) is 19.3 Å². The lowest BCUT2D eigenvalue weighted by atomic mass is 10.0. The van der Waals surface area contributed by atoms with Crippen molar-refractivity contribution in [3.8, 4) is 0 Å². The van der Waals surface area contributed by atoms with Crippen molar-refractivity contribution < 1.29 is 28.6 Å². The molecule has 0 aliphatic carbocycles. The Balaban J connectivity index is 4.20. The van der Waals surface area contributed by atoms with Crippen LogP contribution < -0.4 is 0 Å². The summed E-state index contributed by atoms with van der Waals surface area (Å²) in [6.07, 6.45) is 60.4. The maximum Gasteiger partial charge on any atom is 0.306 e. The van der Waals surface area contributed by atoms with Crippen LogP contribution in [-0.2, 0) is 28.6 Å². The Bertz CT molecular complexity index is 1020. The summed E-state index contributed by atoms with van der Waals surface area (Å²) in [7, 11) is 0. The van der Waals surface area contributed by atoms with Gasteiger partial charge in [-0.15, -0.1) is 0 Å². The van der Waals surface area contributed by atoms with Crippen LogP contribution in [-0.4, -0.2) is 37.2 Å². The minimum atomic E-state index is -0.772. The zero-order chi connectivity index (χ0) is 45.8. The van der Waals surface area contributed by atoms with Crippen LogP contribution in [0.5, 0.6) is 0 Å². The summed E-state index contributed by atoms with van der Waals surface area (Å²) in [4.78, 5) is 38.0. The summed E-state index contributed by atoms with van der Waals surface area (Å²) in [5.41, 5.74) is 0.